The van der Waals surface area contributed by atoms with E-state index in [0.29, 0.717) is 13.2 Å². The number of hydrogen-bond acceptors (Lipinski definition) is 5. The molecule has 0 radical (unpaired) electrons. The molecule has 1 heterocycles. The highest BCUT2D eigenvalue weighted by Gasteiger charge is 2.20. The molecule has 1 saturated heterocycles. The van der Waals surface area contributed by atoms with Crippen LogP contribution in [-0.4, -0.2) is 81.9 Å². The standard InChI is InChI=1S/C14H29N3O3/c1-19-11-12-20-13-14(18)17-9-7-16(8-10-17)6-4-2-3-5-15/h2-13,15H2,1H3. The molecule has 0 aromatic carbocycles. The van der Waals surface area contributed by atoms with Crippen LogP contribution >= 0.6 is 0 Å². The highest BCUT2D eigenvalue weighted by atomic mass is 16.5. The number of methoxy groups -OCH3 is 1. The van der Waals surface area contributed by atoms with Gasteiger partial charge in [0.05, 0.1) is 13.2 Å². The molecule has 6 heteroatoms. The van der Waals surface area contributed by atoms with Crippen molar-refractivity contribution in [2.24, 2.45) is 5.73 Å². The van der Waals surface area contributed by atoms with E-state index in [9.17, 15) is 4.79 Å². The third kappa shape index (κ3) is 7.19. The maximum Gasteiger partial charge on any atom is 0.248 e. The van der Waals surface area contributed by atoms with Gasteiger partial charge in [-0.2, -0.15) is 0 Å². The fraction of sp³-hybridized carbons (Fsp3) is 0.929. The number of piperazine rings is 1. The number of hydrogen-bond donors (Lipinski definition) is 1. The van der Waals surface area contributed by atoms with E-state index in [1.165, 1.54) is 12.8 Å². The third-order valence-electron chi connectivity index (χ3n) is 3.56. The fourth-order valence-electron chi connectivity index (χ4n) is 2.27. The van der Waals surface area contributed by atoms with Gasteiger partial charge in [-0.1, -0.05) is 6.42 Å². The lowest BCUT2D eigenvalue weighted by Gasteiger charge is -2.34. The lowest BCUT2D eigenvalue weighted by Crippen LogP contribution is -2.49. The molecular formula is C14H29N3O3. The largest absolute Gasteiger partial charge is 0.382 e. The van der Waals surface area contributed by atoms with E-state index >= 15 is 0 Å². The van der Waals surface area contributed by atoms with Gasteiger partial charge in [0.2, 0.25) is 5.91 Å². The number of rotatable bonds is 10. The summed E-state index contributed by atoms with van der Waals surface area (Å²) < 4.78 is 10.1. The molecule has 6 nitrogen and oxygen atoms in total. The maximum atomic E-state index is 11.9. The molecule has 0 spiro atoms. The molecule has 1 aliphatic heterocycles. The van der Waals surface area contributed by atoms with Gasteiger partial charge in [0.25, 0.3) is 0 Å². The molecule has 118 valence electrons. The Morgan fingerprint density at radius 3 is 2.50 bits per heavy atom. The highest BCUT2D eigenvalue weighted by molar-refractivity contribution is 5.77. The molecule has 1 fully saturated rings. The lowest BCUT2D eigenvalue weighted by molar-refractivity contribution is -0.138. The van der Waals surface area contributed by atoms with Crippen molar-refractivity contribution in [3.8, 4) is 0 Å². The molecular weight excluding hydrogens is 258 g/mol. The van der Waals surface area contributed by atoms with Crippen molar-refractivity contribution in [2.75, 3.05) is 66.2 Å². The predicted molar refractivity (Wildman–Crippen MR) is 78.6 cm³/mol. The van der Waals surface area contributed by atoms with Crippen LogP contribution in [0.5, 0.6) is 0 Å². The summed E-state index contributed by atoms with van der Waals surface area (Å²) in [6.45, 7) is 6.62. The Bertz CT molecular complexity index is 256. The SMILES string of the molecule is COCCOCC(=O)N1CCN(CCCCCN)CC1. The summed E-state index contributed by atoms with van der Waals surface area (Å²) in [5.41, 5.74) is 5.48. The Kier molecular flexibility index (Phi) is 9.57. The van der Waals surface area contributed by atoms with Crippen LogP contribution < -0.4 is 5.73 Å². The van der Waals surface area contributed by atoms with Crippen molar-refractivity contribution in [3.63, 3.8) is 0 Å². The van der Waals surface area contributed by atoms with Crippen LogP contribution in [0.15, 0.2) is 0 Å². The van der Waals surface area contributed by atoms with Crippen molar-refractivity contribution in [2.45, 2.75) is 19.3 Å². The number of nitrogens with two attached hydrogens (primary N) is 1. The monoisotopic (exact) mass is 287 g/mol. The molecule has 20 heavy (non-hydrogen) atoms. The molecule has 0 aliphatic carbocycles. The molecule has 0 unspecified atom stereocenters. The average molecular weight is 287 g/mol. The van der Waals surface area contributed by atoms with Gasteiger partial charge in [-0.3, -0.25) is 9.69 Å². The average Bonchev–Trinajstić information content (AvgIpc) is 2.48. The Labute approximate surface area is 122 Å². The van der Waals surface area contributed by atoms with Crippen molar-refractivity contribution < 1.29 is 14.3 Å². The number of ether oxygens (including phenoxy) is 2. The second-order valence-electron chi connectivity index (χ2n) is 5.12. The summed E-state index contributed by atoms with van der Waals surface area (Å²) in [6, 6.07) is 0. The van der Waals surface area contributed by atoms with E-state index < -0.39 is 0 Å². The van der Waals surface area contributed by atoms with Crippen molar-refractivity contribution in [1.29, 1.82) is 0 Å². The number of carbonyl (C=O) groups is 1. The second kappa shape index (κ2) is 11.0. The van der Waals surface area contributed by atoms with E-state index in [0.717, 1.165) is 45.7 Å². The first-order valence-electron chi connectivity index (χ1n) is 7.54. The van der Waals surface area contributed by atoms with E-state index in [1.54, 1.807) is 7.11 Å². The molecule has 0 atom stereocenters. The highest BCUT2D eigenvalue weighted by Crippen LogP contribution is 2.05. The molecule has 0 bridgehead atoms. The molecule has 0 saturated carbocycles. The first-order chi connectivity index (χ1) is 9.77. The van der Waals surface area contributed by atoms with Crippen LogP contribution in [0, 0.1) is 0 Å². The Morgan fingerprint density at radius 1 is 1.10 bits per heavy atom. The van der Waals surface area contributed by atoms with Gasteiger partial charge in [0, 0.05) is 33.3 Å². The zero-order valence-corrected chi connectivity index (χ0v) is 12.7. The summed E-state index contributed by atoms with van der Waals surface area (Å²) in [7, 11) is 1.62. The van der Waals surface area contributed by atoms with Gasteiger partial charge in [-0.25, -0.2) is 0 Å². The maximum absolute atomic E-state index is 11.9. The van der Waals surface area contributed by atoms with Crippen molar-refractivity contribution in [3.05, 3.63) is 0 Å². The molecule has 0 aromatic rings. The zero-order valence-electron chi connectivity index (χ0n) is 12.7. The molecule has 1 aliphatic rings. The summed E-state index contributed by atoms with van der Waals surface area (Å²) in [5.74, 6) is 0.0869. The van der Waals surface area contributed by atoms with Crippen LogP contribution in [0.4, 0.5) is 0 Å². The summed E-state index contributed by atoms with van der Waals surface area (Å²) in [5, 5.41) is 0. The minimum Gasteiger partial charge on any atom is -0.382 e. The Morgan fingerprint density at radius 2 is 1.85 bits per heavy atom. The smallest absolute Gasteiger partial charge is 0.248 e. The second-order valence-corrected chi connectivity index (χ2v) is 5.12. The quantitative estimate of drug-likeness (QED) is 0.569. The Balaban J connectivity index is 2.07. The predicted octanol–water partition coefficient (Wildman–Crippen LogP) is -0.0774. The minimum absolute atomic E-state index is 0.0869. The van der Waals surface area contributed by atoms with E-state index in [2.05, 4.69) is 4.90 Å². The normalized spacial score (nSPS) is 16.6. The molecule has 0 aromatic heterocycles. The van der Waals surface area contributed by atoms with Gasteiger partial charge < -0.3 is 20.1 Å². The topological polar surface area (TPSA) is 68.0 Å². The molecule has 1 rings (SSSR count). The fourth-order valence-corrected chi connectivity index (χ4v) is 2.27. The first kappa shape index (κ1) is 17.4. The molecule has 2 N–H and O–H groups in total. The number of nitrogens with zero attached hydrogens (tertiary/aromatic N) is 2. The first-order valence-corrected chi connectivity index (χ1v) is 7.54. The van der Waals surface area contributed by atoms with Gasteiger partial charge in [-0.05, 0) is 25.9 Å². The number of unbranched alkanes of at least 4 members (excludes halogenated alkanes) is 2. The number of amides is 1. The molecule has 1 amide bonds. The third-order valence-corrected chi connectivity index (χ3v) is 3.56. The zero-order chi connectivity index (χ0) is 14.6. The van der Waals surface area contributed by atoms with Crippen molar-refractivity contribution >= 4 is 5.91 Å². The lowest BCUT2D eigenvalue weighted by atomic mass is 10.2. The van der Waals surface area contributed by atoms with Crippen LogP contribution in [-0.2, 0) is 14.3 Å². The summed E-state index contributed by atoms with van der Waals surface area (Å²) >= 11 is 0. The minimum atomic E-state index is 0.0869. The van der Waals surface area contributed by atoms with Crippen LogP contribution in [0.2, 0.25) is 0 Å². The van der Waals surface area contributed by atoms with Gasteiger partial charge in [-0.15, -0.1) is 0 Å². The van der Waals surface area contributed by atoms with Crippen LogP contribution in [0.1, 0.15) is 19.3 Å². The van der Waals surface area contributed by atoms with Crippen molar-refractivity contribution in [1.82, 2.24) is 9.80 Å². The number of carbonyl (C=O) groups excluding carboxylic acids is 1. The van der Waals surface area contributed by atoms with E-state index in [-0.39, 0.29) is 12.5 Å². The summed E-state index contributed by atoms with van der Waals surface area (Å²) in [4.78, 5) is 16.2. The van der Waals surface area contributed by atoms with Gasteiger partial charge in [0.15, 0.2) is 0 Å². The van der Waals surface area contributed by atoms with Crippen LogP contribution in [0.25, 0.3) is 0 Å². The van der Waals surface area contributed by atoms with E-state index in [4.69, 9.17) is 15.2 Å². The van der Waals surface area contributed by atoms with Gasteiger partial charge >= 0.3 is 0 Å². The summed E-state index contributed by atoms with van der Waals surface area (Å²) in [6.07, 6.45) is 3.51. The van der Waals surface area contributed by atoms with Crippen LogP contribution in [0.3, 0.4) is 0 Å². The Hall–Kier alpha value is -0.690. The van der Waals surface area contributed by atoms with Gasteiger partial charge in [0.1, 0.15) is 6.61 Å². The van der Waals surface area contributed by atoms with E-state index in [1.807, 2.05) is 4.90 Å².